The fraction of sp³-hybridized carbons (Fsp3) is 0.571. The molecule has 0 spiro atoms. The molecule has 0 aromatic heterocycles. The van der Waals surface area contributed by atoms with Gasteiger partial charge in [0.15, 0.2) is 11.6 Å². The van der Waals surface area contributed by atoms with E-state index in [4.69, 9.17) is 4.74 Å². The van der Waals surface area contributed by atoms with E-state index in [1.807, 2.05) is 0 Å². The van der Waals surface area contributed by atoms with Crippen LogP contribution >= 0.6 is 0 Å². The molecule has 102 valence electrons. The highest BCUT2D eigenvalue weighted by Gasteiger charge is 2.16. The first-order valence-electron chi connectivity index (χ1n) is 6.36. The van der Waals surface area contributed by atoms with E-state index in [0.717, 1.165) is 19.6 Å². The zero-order valence-electron chi connectivity index (χ0n) is 11.3. The highest BCUT2D eigenvalue weighted by atomic mass is 19.1. The summed E-state index contributed by atoms with van der Waals surface area (Å²) < 4.78 is 18.8. The average molecular weight is 255 g/mol. The smallest absolute Gasteiger partial charge is 0.170 e. The Morgan fingerprint density at radius 2 is 2.00 bits per heavy atom. The van der Waals surface area contributed by atoms with Crippen LogP contribution in [0.2, 0.25) is 0 Å². The number of hydrogen-bond acceptors (Lipinski definition) is 3. The molecule has 3 nitrogen and oxygen atoms in total. The minimum atomic E-state index is -0.791. The van der Waals surface area contributed by atoms with E-state index in [1.54, 1.807) is 18.2 Å². The van der Waals surface area contributed by atoms with Crippen LogP contribution in [0.3, 0.4) is 0 Å². The van der Waals surface area contributed by atoms with Crippen LogP contribution in [0.1, 0.15) is 31.9 Å². The Labute approximate surface area is 108 Å². The Bertz CT molecular complexity index is 367. The van der Waals surface area contributed by atoms with Crippen molar-refractivity contribution < 1.29 is 14.2 Å². The Balaban J connectivity index is 2.69. The Hall–Kier alpha value is -1.13. The van der Waals surface area contributed by atoms with E-state index in [9.17, 15) is 9.50 Å². The zero-order chi connectivity index (χ0) is 13.5. The normalized spacial score (nSPS) is 12.8. The van der Waals surface area contributed by atoms with Gasteiger partial charge >= 0.3 is 0 Å². The summed E-state index contributed by atoms with van der Waals surface area (Å²) in [6.45, 7) is 6.77. The Kier molecular flexibility index (Phi) is 6.09. The third kappa shape index (κ3) is 3.68. The number of benzene rings is 1. The summed E-state index contributed by atoms with van der Waals surface area (Å²) in [5.41, 5.74) is 0.307. The number of halogens is 1. The molecule has 0 heterocycles. The molecule has 0 aliphatic carbocycles. The van der Waals surface area contributed by atoms with Crippen molar-refractivity contribution in [2.45, 2.75) is 26.4 Å². The number of nitrogens with zero attached hydrogens (tertiary/aromatic N) is 1. The number of rotatable bonds is 7. The van der Waals surface area contributed by atoms with Gasteiger partial charge in [0.1, 0.15) is 0 Å². The number of methoxy groups -OCH3 is 1. The lowest BCUT2D eigenvalue weighted by atomic mass is 10.1. The fourth-order valence-corrected chi connectivity index (χ4v) is 1.94. The molecule has 1 aromatic carbocycles. The van der Waals surface area contributed by atoms with E-state index >= 15 is 0 Å². The molecule has 0 saturated heterocycles. The van der Waals surface area contributed by atoms with Gasteiger partial charge < -0.3 is 14.7 Å². The molecule has 0 fully saturated rings. The molecule has 1 aromatic rings. The predicted molar refractivity (Wildman–Crippen MR) is 70.3 cm³/mol. The standard InChI is InChI=1S/C14H22FNO2/c1-4-16(5-2)10-9-12(17)11-7-6-8-13(18-3)14(11)15/h6-8,12,17H,4-5,9-10H2,1-3H3. The second-order valence-corrected chi connectivity index (χ2v) is 4.19. The highest BCUT2D eigenvalue weighted by Crippen LogP contribution is 2.26. The molecule has 0 radical (unpaired) electrons. The molecule has 0 amide bonds. The lowest BCUT2D eigenvalue weighted by Crippen LogP contribution is -2.25. The summed E-state index contributed by atoms with van der Waals surface area (Å²) in [4.78, 5) is 2.20. The largest absolute Gasteiger partial charge is 0.494 e. The van der Waals surface area contributed by atoms with Crippen LogP contribution in [0.5, 0.6) is 5.75 Å². The molecule has 0 aliphatic rings. The predicted octanol–water partition coefficient (Wildman–Crippen LogP) is 2.60. The van der Waals surface area contributed by atoms with Gasteiger partial charge in [-0.3, -0.25) is 0 Å². The number of hydrogen-bond donors (Lipinski definition) is 1. The van der Waals surface area contributed by atoms with Gasteiger partial charge in [-0.15, -0.1) is 0 Å². The second-order valence-electron chi connectivity index (χ2n) is 4.19. The average Bonchev–Trinajstić information content (AvgIpc) is 2.40. The third-order valence-corrected chi connectivity index (χ3v) is 3.19. The van der Waals surface area contributed by atoms with Gasteiger partial charge in [-0.1, -0.05) is 26.0 Å². The first-order chi connectivity index (χ1) is 8.63. The van der Waals surface area contributed by atoms with Crippen molar-refractivity contribution in [3.63, 3.8) is 0 Å². The summed E-state index contributed by atoms with van der Waals surface area (Å²) in [5, 5.41) is 10.0. The van der Waals surface area contributed by atoms with E-state index in [-0.39, 0.29) is 5.75 Å². The topological polar surface area (TPSA) is 32.7 Å². The van der Waals surface area contributed by atoms with Gasteiger partial charge in [0.25, 0.3) is 0 Å². The van der Waals surface area contributed by atoms with Crippen LogP contribution in [0.25, 0.3) is 0 Å². The van der Waals surface area contributed by atoms with Crippen molar-refractivity contribution in [2.24, 2.45) is 0 Å². The second kappa shape index (κ2) is 7.34. The Morgan fingerprint density at radius 3 is 2.56 bits per heavy atom. The molecule has 4 heteroatoms. The van der Waals surface area contributed by atoms with E-state index in [0.29, 0.717) is 12.0 Å². The van der Waals surface area contributed by atoms with E-state index < -0.39 is 11.9 Å². The highest BCUT2D eigenvalue weighted by molar-refractivity contribution is 5.32. The first-order valence-corrected chi connectivity index (χ1v) is 6.36. The molecule has 0 bridgehead atoms. The summed E-state index contributed by atoms with van der Waals surface area (Å²) in [7, 11) is 1.42. The summed E-state index contributed by atoms with van der Waals surface area (Å²) in [6.07, 6.45) is -0.271. The maximum absolute atomic E-state index is 13.9. The Morgan fingerprint density at radius 1 is 1.33 bits per heavy atom. The van der Waals surface area contributed by atoms with Crippen molar-refractivity contribution in [2.75, 3.05) is 26.7 Å². The maximum Gasteiger partial charge on any atom is 0.170 e. The van der Waals surface area contributed by atoms with E-state index in [1.165, 1.54) is 7.11 Å². The van der Waals surface area contributed by atoms with Gasteiger partial charge in [-0.25, -0.2) is 4.39 Å². The zero-order valence-corrected chi connectivity index (χ0v) is 11.3. The molecular formula is C14H22FNO2. The van der Waals surface area contributed by atoms with Gasteiger partial charge in [0.05, 0.1) is 13.2 Å². The van der Waals surface area contributed by atoms with Gasteiger partial charge in [-0.2, -0.15) is 0 Å². The minimum Gasteiger partial charge on any atom is -0.494 e. The van der Waals surface area contributed by atoms with Gasteiger partial charge in [-0.05, 0) is 25.6 Å². The van der Waals surface area contributed by atoms with Gasteiger partial charge in [0.2, 0.25) is 0 Å². The molecular weight excluding hydrogens is 233 g/mol. The summed E-state index contributed by atoms with van der Waals surface area (Å²) in [5.74, 6) is -0.290. The molecule has 1 rings (SSSR count). The molecule has 0 aliphatic heterocycles. The molecule has 1 unspecified atom stereocenters. The van der Waals surface area contributed by atoms with Crippen LogP contribution in [-0.2, 0) is 0 Å². The third-order valence-electron chi connectivity index (χ3n) is 3.19. The quantitative estimate of drug-likeness (QED) is 0.813. The van der Waals surface area contributed by atoms with Crippen LogP contribution in [0.4, 0.5) is 4.39 Å². The lowest BCUT2D eigenvalue weighted by molar-refractivity contribution is 0.141. The molecule has 18 heavy (non-hydrogen) atoms. The van der Waals surface area contributed by atoms with Crippen molar-refractivity contribution >= 4 is 0 Å². The molecule has 1 atom stereocenters. The monoisotopic (exact) mass is 255 g/mol. The number of aliphatic hydroxyl groups is 1. The van der Waals surface area contributed by atoms with Crippen LogP contribution in [0.15, 0.2) is 18.2 Å². The summed E-state index contributed by atoms with van der Waals surface area (Å²) >= 11 is 0. The van der Waals surface area contributed by atoms with E-state index in [2.05, 4.69) is 18.7 Å². The lowest BCUT2D eigenvalue weighted by Gasteiger charge is -2.20. The van der Waals surface area contributed by atoms with Crippen LogP contribution < -0.4 is 4.74 Å². The molecule has 0 saturated carbocycles. The van der Waals surface area contributed by atoms with Crippen LogP contribution in [-0.4, -0.2) is 36.8 Å². The number of ether oxygens (including phenoxy) is 1. The van der Waals surface area contributed by atoms with Gasteiger partial charge in [0, 0.05) is 12.1 Å². The minimum absolute atomic E-state index is 0.175. The summed E-state index contributed by atoms with van der Waals surface area (Å²) in [6, 6.07) is 4.85. The van der Waals surface area contributed by atoms with Crippen molar-refractivity contribution in [3.8, 4) is 5.75 Å². The van der Waals surface area contributed by atoms with Crippen molar-refractivity contribution in [1.29, 1.82) is 0 Å². The maximum atomic E-state index is 13.9. The fourth-order valence-electron chi connectivity index (χ4n) is 1.94. The van der Waals surface area contributed by atoms with Crippen LogP contribution in [0, 0.1) is 5.82 Å². The first kappa shape index (κ1) is 14.9. The number of aliphatic hydroxyl groups excluding tert-OH is 1. The molecule has 1 N–H and O–H groups in total. The SMILES string of the molecule is CCN(CC)CCC(O)c1cccc(OC)c1F. The van der Waals surface area contributed by atoms with Crippen molar-refractivity contribution in [3.05, 3.63) is 29.6 Å². The van der Waals surface area contributed by atoms with Crippen molar-refractivity contribution in [1.82, 2.24) is 4.90 Å².